The first kappa shape index (κ1) is 17.1. The van der Waals surface area contributed by atoms with Gasteiger partial charge in [-0.05, 0) is 12.8 Å². The van der Waals surface area contributed by atoms with Crippen molar-refractivity contribution in [3.8, 4) is 0 Å². The van der Waals surface area contributed by atoms with Crippen LogP contribution in [0.5, 0.6) is 0 Å². The monoisotopic (exact) mass is 257 g/mol. The summed E-state index contributed by atoms with van der Waals surface area (Å²) in [6.45, 7) is 2.70. The molecule has 0 aliphatic heterocycles. The van der Waals surface area contributed by atoms with E-state index in [0.717, 1.165) is 12.8 Å². The van der Waals surface area contributed by atoms with E-state index >= 15 is 0 Å². The van der Waals surface area contributed by atoms with Crippen molar-refractivity contribution in [2.75, 3.05) is 13.2 Å². The van der Waals surface area contributed by atoms with Gasteiger partial charge in [0.25, 0.3) is 0 Å². The Morgan fingerprint density at radius 2 is 1.94 bits per heavy atom. The fourth-order valence-corrected chi connectivity index (χ4v) is 1.55. The number of nitrogens with two attached hydrogens (primary N) is 1. The summed E-state index contributed by atoms with van der Waals surface area (Å²) < 4.78 is 5.06. The molecule has 3 N–H and O–H groups in total. The number of aliphatic hydroxyl groups is 1. The van der Waals surface area contributed by atoms with Gasteiger partial charge in [0.1, 0.15) is 6.04 Å². The van der Waals surface area contributed by atoms with Gasteiger partial charge in [0.05, 0.1) is 6.61 Å². The second-order valence-electron chi connectivity index (χ2n) is 4.40. The van der Waals surface area contributed by atoms with Gasteiger partial charge in [-0.1, -0.05) is 51.2 Å². The quantitative estimate of drug-likeness (QED) is 0.338. The molecule has 0 saturated heterocycles. The Labute approximate surface area is 110 Å². The number of hydrogen-bond donors (Lipinski definition) is 2. The zero-order valence-corrected chi connectivity index (χ0v) is 11.4. The highest BCUT2D eigenvalue weighted by molar-refractivity contribution is 5.77. The topological polar surface area (TPSA) is 72.5 Å². The SMILES string of the molecule is CCCCCCCCOC(=O)C(N)/C=C/CCO. The third kappa shape index (κ3) is 10.3. The first-order valence-corrected chi connectivity index (χ1v) is 6.92. The highest BCUT2D eigenvalue weighted by Gasteiger charge is 2.10. The second kappa shape index (κ2) is 12.6. The average Bonchev–Trinajstić information content (AvgIpc) is 2.37. The smallest absolute Gasteiger partial charge is 0.326 e. The molecule has 18 heavy (non-hydrogen) atoms. The predicted molar refractivity (Wildman–Crippen MR) is 73.2 cm³/mol. The molecule has 0 fully saturated rings. The third-order valence-corrected chi connectivity index (χ3v) is 2.65. The molecule has 0 amide bonds. The minimum Gasteiger partial charge on any atom is -0.464 e. The summed E-state index contributed by atoms with van der Waals surface area (Å²) in [4.78, 5) is 11.4. The van der Waals surface area contributed by atoms with Crippen LogP contribution >= 0.6 is 0 Å². The van der Waals surface area contributed by atoms with Gasteiger partial charge in [-0.25, -0.2) is 0 Å². The molecule has 0 rings (SSSR count). The van der Waals surface area contributed by atoms with Gasteiger partial charge >= 0.3 is 5.97 Å². The summed E-state index contributed by atoms with van der Waals surface area (Å²) in [5.41, 5.74) is 5.60. The molecule has 0 radical (unpaired) electrons. The Bertz CT molecular complexity index is 229. The van der Waals surface area contributed by atoms with Gasteiger partial charge in [-0.3, -0.25) is 4.79 Å². The predicted octanol–water partition coefficient (Wildman–Crippen LogP) is 2.16. The number of hydrogen-bond acceptors (Lipinski definition) is 4. The van der Waals surface area contributed by atoms with Crippen LogP contribution in [0, 0.1) is 0 Å². The van der Waals surface area contributed by atoms with E-state index in [1.54, 1.807) is 12.2 Å². The van der Waals surface area contributed by atoms with Gasteiger partial charge in [-0.15, -0.1) is 0 Å². The molecule has 0 bridgehead atoms. The first-order valence-electron chi connectivity index (χ1n) is 6.92. The summed E-state index contributed by atoms with van der Waals surface area (Å²) >= 11 is 0. The average molecular weight is 257 g/mol. The molecular formula is C14H27NO3. The van der Waals surface area contributed by atoms with Crippen molar-refractivity contribution >= 4 is 5.97 Å². The standard InChI is InChI=1S/C14H27NO3/c1-2-3-4-5-6-9-12-18-14(17)13(15)10-7-8-11-16/h7,10,13,16H,2-6,8-9,11-12,15H2,1H3/b10-7+. The summed E-state index contributed by atoms with van der Waals surface area (Å²) in [6.07, 6.45) is 10.8. The van der Waals surface area contributed by atoms with E-state index in [2.05, 4.69) is 6.92 Å². The van der Waals surface area contributed by atoms with Gasteiger partial charge in [0, 0.05) is 6.61 Å². The third-order valence-electron chi connectivity index (χ3n) is 2.65. The van der Waals surface area contributed by atoms with E-state index in [0.29, 0.717) is 13.0 Å². The molecule has 106 valence electrons. The Balaban J connectivity index is 3.46. The molecule has 0 aliphatic rings. The van der Waals surface area contributed by atoms with Crippen LogP contribution in [0.4, 0.5) is 0 Å². The Morgan fingerprint density at radius 3 is 2.61 bits per heavy atom. The maximum absolute atomic E-state index is 11.4. The van der Waals surface area contributed by atoms with Gasteiger partial charge in [-0.2, -0.15) is 0 Å². The lowest BCUT2D eigenvalue weighted by atomic mass is 10.1. The first-order chi connectivity index (χ1) is 8.72. The molecule has 0 spiro atoms. The van der Waals surface area contributed by atoms with Crippen LogP contribution < -0.4 is 5.73 Å². The lowest BCUT2D eigenvalue weighted by Gasteiger charge is -2.07. The molecule has 4 heteroatoms. The highest BCUT2D eigenvalue weighted by atomic mass is 16.5. The molecule has 1 unspecified atom stereocenters. The normalized spacial score (nSPS) is 12.8. The lowest BCUT2D eigenvalue weighted by Crippen LogP contribution is -2.30. The van der Waals surface area contributed by atoms with E-state index in [9.17, 15) is 4.79 Å². The van der Waals surface area contributed by atoms with Crippen molar-refractivity contribution in [3.63, 3.8) is 0 Å². The number of ether oxygens (including phenoxy) is 1. The van der Waals surface area contributed by atoms with E-state index in [4.69, 9.17) is 15.6 Å². The summed E-state index contributed by atoms with van der Waals surface area (Å²) in [7, 11) is 0. The number of carbonyl (C=O) groups is 1. The lowest BCUT2D eigenvalue weighted by molar-refractivity contribution is -0.144. The Hall–Kier alpha value is -0.870. The van der Waals surface area contributed by atoms with Crippen LogP contribution in [-0.2, 0) is 9.53 Å². The van der Waals surface area contributed by atoms with E-state index < -0.39 is 12.0 Å². The maximum Gasteiger partial charge on any atom is 0.326 e. The second-order valence-corrected chi connectivity index (χ2v) is 4.40. The van der Waals surface area contributed by atoms with Crippen LogP contribution in [-0.4, -0.2) is 30.3 Å². The molecule has 0 saturated carbocycles. The van der Waals surface area contributed by atoms with Crippen molar-refractivity contribution < 1.29 is 14.6 Å². The van der Waals surface area contributed by atoms with Crippen molar-refractivity contribution in [3.05, 3.63) is 12.2 Å². The fraction of sp³-hybridized carbons (Fsp3) is 0.786. The van der Waals surface area contributed by atoms with Crippen molar-refractivity contribution in [2.24, 2.45) is 5.73 Å². The molecule has 0 aliphatic carbocycles. The Kier molecular flexibility index (Phi) is 12.0. The van der Waals surface area contributed by atoms with Crippen LogP contribution in [0.2, 0.25) is 0 Å². The number of aliphatic hydroxyl groups excluding tert-OH is 1. The maximum atomic E-state index is 11.4. The highest BCUT2D eigenvalue weighted by Crippen LogP contribution is 2.05. The molecular weight excluding hydrogens is 230 g/mol. The number of rotatable bonds is 11. The van der Waals surface area contributed by atoms with Crippen molar-refractivity contribution in [1.29, 1.82) is 0 Å². The van der Waals surface area contributed by atoms with Gasteiger partial charge in [0.2, 0.25) is 0 Å². The van der Waals surface area contributed by atoms with Crippen LogP contribution in [0.3, 0.4) is 0 Å². The minimum absolute atomic E-state index is 0.0655. The number of unbranched alkanes of at least 4 members (excludes halogenated alkanes) is 5. The molecule has 0 heterocycles. The summed E-state index contributed by atoms with van der Waals surface area (Å²) in [5.74, 6) is -0.391. The molecule has 0 aromatic heterocycles. The van der Waals surface area contributed by atoms with Gasteiger partial charge < -0.3 is 15.6 Å². The zero-order chi connectivity index (χ0) is 13.6. The van der Waals surface area contributed by atoms with E-state index in [1.807, 2.05) is 0 Å². The molecule has 0 aromatic carbocycles. The van der Waals surface area contributed by atoms with Crippen LogP contribution in [0.25, 0.3) is 0 Å². The minimum atomic E-state index is -0.711. The van der Waals surface area contributed by atoms with Crippen molar-refractivity contribution in [1.82, 2.24) is 0 Å². The van der Waals surface area contributed by atoms with E-state index in [-0.39, 0.29) is 6.61 Å². The summed E-state index contributed by atoms with van der Waals surface area (Å²) in [6, 6.07) is -0.711. The van der Waals surface area contributed by atoms with Crippen LogP contribution in [0.15, 0.2) is 12.2 Å². The summed E-state index contributed by atoms with van der Waals surface area (Å²) in [5, 5.41) is 8.57. The fourth-order valence-electron chi connectivity index (χ4n) is 1.55. The zero-order valence-electron chi connectivity index (χ0n) is 11.4. The largest absolute Gasteiger partial charge is 0.464 e. The van der Waals surface area contributed by atoms with Gasteiger partial charge in [0.15, 0.2) is 0 Å². The molecule has 1 atom stereocenters. The number of esters is 1. The molecule has 4 nitrogen and oxygen atoms in total. The van der Waals surface area contributed by atoms with E-state index in [1.165, 1.54) is 25.7 Å². The Morgan fingerprint density at radius 1 is 1.28 bits per heavy atom. The van der Waals surface area contributed by atoms with Crippen LogP contribution in [0.1, 0.15) is 51.9 Å². The number of carbonyl (C=O) groups excluding carboxylic acids is 1. The molecule has 0 aromatic rings. The van der Waals surface area contributed by atoms with Crippen molar-refractivity contribution in [2.45, 2.75) is 57.9 Å².